The highest BCUT2D eigenvalue weighted by Crippen LogP contribution is 2.26. The summed E-state index contributed by atoms with van der Waals surface area (Å²) in [5.74, 6) is 0.521. The van der Waals surface area contributed by atoms with Crippen LogP contribution in [0.1, 0.15) is 23.1 Å². The Morgan fingerprint density at radius 1 is 1.44 bits per heavy atom. The van der Waals surface area contributed by atoms with E-state index in [9.17, 15) is 0 Å². The molecular formula is C18H24N6S. The maximum atomic E-state index is 6.13. The highest BCUT2D eigenvalue weighted by molar-refractivity contribution is 7.16. The van der Waals surface area contributed by atoms with Gasteiger partial charge in [-0.05, 0) is 37.6 Å². The maximum absolute atomic E-state index is 6.13. The average molecular weight is 356 g/mol. The van der Waals surface area contributed by atoms with Crippen molar-refractivity contribution in [1.82, 2.24) is 4.98 Å². The number of nitrogens with one attached hydrogen (secondary N) is 2. The monoisotopic (exact) mass is 356 g/mol. The fourth-order valence-electron chi connectivity index (χ4n) is 2.15. The minimum Gasteiger partial charge on any atom is -0.397 e. The molecule has 0 amide bonds. The average Bonchev–Trinajstić information content (AvgIpc) is 2.96. The summed E-state index contributed by atoms with van der Waals surface area (Å²) in [6, 6.07) is 7.81. The Morgan fingerprint density at radius 3 is 2.96 bits per heavy atom. The van der Waals surface area contributed by atoms with Crippen LogP contribution in [-0.4, -0.2) is 17.7 Å². The zero-order valence-electron chi connectivity index (χ0n) is 14.5. The second-order valence-electron chi connectivity index (χ2n) is 5.34. The predicted molar refractivity (Wildman–Crippen MR) is 109 cm³/mol. The van der Waals surface area contributed by atoms with Gasteiger partial charge < -0.3 is 22.1 Å². The lowest BCUT2D eigenvalue weighted by Crippen LogP contribution is -2.00. The number of thiazole rings is 1. The Hall–Kier alpha value is -2.64. The van der Waals surface area contributed by atoms with Crippen molar-refractivity contribution in [1.29, 1.82) is 0 Å². The number of allylic oxidation sites excluding steroid dienone is 1. The number of anilines is 2. The van der Waals surface area contributed by atoms with Gasteiger partial charge in [-0.1, -0.05) is 30.0 Å². The van der Waals surface area contributed by atoms with Crippen LogP contribution in [0.15, 0.2) is 47.7 Å². The van der Waals surface area contributed by atoms with Gasteiger partial charge >= 0.3 is 0 Å². The molecular weight excluding hydrogens is 332 g/mol. The minimum atomic E-state index is 0.494. The third kappa shape index (κ3) is 5.44. The largest absolute Gasteiger partial charge is 0.397 e. The lowest BCUT2D eigenvalue weighted by Gasteiger charge is -2.06. The van der Waals surface area contributed by atoms with E-state index >= 15 is 0 Å². The first-order chi connectivity index (χ1) is 12.0. The number of nitrogens with zero attached hydrogens (tertiary/aromatic N) is 2. The van der Waals surface area contributed by atoms with Gasteiger partial charge in [0.15, 0.2) is 5.13 Å². The highest BCUT2D eigenvalue weighted by Gasteiger charge is 2.08. The number of hydrogen-bond acceptors (Lipinski definition) is 7. The summed E-state index contributed by atoms with van der Waals surface area (Å²) in [6.07, 6.45) is 3.38. The SMILES string of the molecule is C=C(N=C/C=C(\N)c1sc(NCC)nc1C)Nc1cccc(CN)c1. The standard InChI is InChI=1S/C18H24N6S/c1-4-21-18-23-12(2)17(25-18)16(20)8-9-22-13(3)24-15-7-5-6-14(10-15)11-19/h5-10,24H,3-4,11,19-20H2,1-2H3,(H,21,23)/b16-8-,22-9?. The van der Waals surface area contributed by atoms with Crippen molar-refractivity contribution in [2.75, 3.05) is 17.2 Å². The Balaban J connectivity index is 2.00. The molecule has 1 aromatic heterocycles. The van der Waals surface area contributed by atoms with Gasteiger partial charge in [0.25, 0.3) is 0 Å². The molecule has 25 heavy (non-hydrogen) atoms. The molecule has 6 nitrogen and oxygen atoms in total. The van der Waals surface area contributed by atoms with Gasteiger partial charge in [-0.2, -0.15) is 0 Å². The molecule has 1 heterocycles. The third-order valence-corrected chi connectivity index (χ3v) is 4.49. The highest BCUT2D eigenvalue weighted by atomic mass is 32.1. The van der Waals surface area contributed by atoms with Crippen LogP contribution < -0.4 is 22.1 Å². The first-order valence-corrected chi connectivity index (χ1v) is 8.81. The summed E-state index contributed by atoms with van der Waals surface area (Å²) >= 11 is 1.53. The van der Waals surface area contributed by atoms with Crippen molar-refractivity contribution in [2.45, 2.75) is 20.4 Å². The summed E-state index contributed by atoms with van der Waals surface area (Å²) in [5, 5.41) is 7.19. The Kier molecular flexibility index (Phi) is 6.73. The normalized spacial score (nSPS) is 11.7. The molecule has 0 radical (unpaired) electrons. The van der Waals surface area contributed by atoms with Gasteiger partial charge in [-0.3, -0.25) is 0 Å². The van der Waals surface area contributed by atoms with E-state index in [-0.39, 0.29) is 0 Å². The zero-order chi connectivity index (χ0) is 18.2. The molecule has 0 saturated carbocycles. The van der Waals surface area contributed by atoms with Crippen LogP contribution in [0.25, 0.3) is 5.70 Å². The van der Waals surface area contributed by atoms with Crippen LogP contribution in [0.4, 0.5) is 10.8 Å². The van der Waals surface area contributed by atoms with Gasteiger partial charge in [0.05, 0.1) is 16.3 Å². The number of hydrogen-bond donors (Lipinski definition) is 4. The lowest BCUT2D eigenvalue weighted by atomic mass is 10.2. The Labute approximate surface area is 152 Å². The molecule has 7 heteroatoms. The van der Waals surface area contributed by atoms with E-state index in [0.29, 0.717) is 18.1 Å². The number of nitrogens with two attached hydrogens (primary N) is 2. The third-order valence-electron chi connectivity index (χ3n) is 3.32. The lowest BCUT2D eigenvalue weighted by molar-refractivity contribution is 1.07. The fourth-order valence-corrected chi connectivity index (χ4v) is 3.12. The Bertz CT molecular complexity index is 791. The molecule has 0 atom stereocenters. The van der Waals surface area contributed by atoms with Crippen molar-refractivity contribution in [3.05, 3.63) is 58.9 Å². The van der Waals surface area contributed by atoms with E-state index in [2.05, 4.69) is 27.2 Å². The second kappa shape index (κ2) is 9.00. The fraction of sp³-hybridized carbons (Fsp3) is 0.222. The van der Waals surface area contributed by atoms with Crippen LogP contribution >= 0.6 is 11.3 Å². The van der Waals surface area contributed by atoms with E-state index in [1.54, 1.807) is 12.3 Å². The first-order valence-electron chi connectivity index (χ1n) is 8.00. The van der Waals surface area contributed by atoms with E-state index in [4.69, 9.17) is 11.5 Å². The smallest absolute Gasteiger partial charge is 0.183 e. The zero-order valence-corrected chi connectivity index (χ0v) is 15.4. The molecule has 0 aliphatic rings. The van der Waals surface area contributed by atoms with Crippen LogP contribution in [0.5, 0.6) is 0 Å². The minimum absolute atomic E-state index is 0.494. The molecule has 2 aromatic rings. The van der Waals surface area contributed by atoms with Crippen LogP contribution in [0.2, 0.25) is 0 Å². The van der Waals surface area contributed by atoms with Crippen LogP contribution in [-0.2, 0) is 6.54 Å². The Morgan fingerprint density at radius 2 is 2.24 bits per heavy atom. The second-order valence-corrected chi connectivity index (χ2v) is 6.34. The number of rotatable bonds is 8. The molecule has 0 unspecified atom stereocenters. The van der Waals surface area contributed by atoms with Gasteiger partial charge in [-0.15, -0.1) is 0 Å². The summed E-state index contributed by atoms with van der Waals surface area (Å²) in [5.41, 5.74) is 15.2. The molecule has 2 rings (SSSR count). The summed E-state index contributed by atoms with van der Waals surface area (Å²) in [7, 11) is 0. The van der Waals surface area contributed by atoms with E-state index < -0.39 is 0 Å². The summed E-state index contributed by atoms with van der Waals surface area (Å²) in [6.45, 7) is 9.18. The van der Waals surface area contributed by atoms with E-state index in [1.807, 2.05) is 38.1 Å². The molecule has 6 N–H and O–H groups in total. The van der Waals surface area contributed by atoms with Crippen molar-refractivity contribution >= 4 is 34.1 Å². The van der Waals surface area contributed by atoms with Crippen molar-refractivity contribution in [3.8, 4) is 0 Å². The molecule has 0 spiro atoms. The first kappa shape index (κ1) is 18.7. The van der Waals surface area contributed by atoms with Gasteiger partial charge in [0, 0.05) is 25.0 Å². The number of aliphatic imine (C=N–C) groups is 1. The summed E-state index contributed by atoms with van der Waals surface area (Å²) < 4.78 is 0. The van der Waals surface area contributed by atoms with Gasteiger partial charge in [-0.25, -0.2) is 9.98 Å². The van der Waals surface area contributed by atoms with Crippen LogP contribution in [0, 0.1) is 6.92 Å². The number of aromatic nitrogens is 1. The molecule has 0 saturated heterocycles. The van der Waals surface area contributed by atoms with Gasteiger partial charge in [0.1, 0.15) is 5.82 Å². The predicted octanol–water partition coefficient (Wildman–Crippen LogP) is 3.30. The van der Waals surface area contributed by atoms with Crippen molar-refractivity contribution < 1.29 is 0 Å². The maximum Gasteiger partial charge on any atom is 0.183 e. The van der Waals surface area contributed by atoms with Gasteiger partial charge in [0.2, 0.25) is 0 Å². The molecule has 0 aliphatic carbocycles. The van der Waals surface area contributed by atoms with E-state index in [1.165, 1.54) is 11.3 Å². The topological polar surface area (TPSA) is 101 Å². The molecule has 132 valence electrons. The molecule has 0 aliphatic heterocycles. The van der Waals surface area contributed by atoms with E-state index in [0.717, 1.165) is 33.5 Å². The van der Waals surface area contributed by atoms with Crippen LogP contribution in [0.3, 0.4) is 0 Å². The molecule has 0 bridgehead atoms. The number of benzene rings is 1. The number of aryl methyl sites for hydroxylation is 1. The molecule has 1 aromatic carbocycles. The van der Waals surface area contributed by atoms with Crippen molar-refractivity contribution in [3.63, 3.8) is 0 Å². The quantitative estimate of drug-likeness (QED) is 0.544. The summed E-state index contributed by atoms with van der Waals surface area (Å²) in [4.78, 5) is 9.64. The van der Waals surface area contributed by atoms with Crippen molar-refractivity contribution in [2.24, 2.45) is 16.5 Å². The molecule has 0 fully saturated rings.